The van der Waals surface area contributed by atoms with Crippen LogP contribution in [0.25, 0.3) is 0 Å². The van der Waals surface area contributed by atoms with Gasteiger partial charge in [0.05, 0.1) is 12.8 Å². The Kier molecular flexibility index (Phi) is 3.71. The number of hydrogen-bond acceptors (Lipinski definition) is 2. The van der Waals surface area contributed by atoms with Gasteiger partial charge in [0.15, 0.2) is 5.11 Å². The first-order valence-electron chi connectivity index (χ1n) is 3.95. The van der Waals surface area contributed by atoms with E-state index in [1.165, 1.54) is 0 Å². The first-order valence-corrected chi connectivity index (χ1v) is 5.16. The van der Waals surface area contributed by atoms with Gasteiger partial charge in [0.1, 0.15) is 5.75 Å². The number of anilines is 1. The molecule has 0 aliphatic rings. The lowest BCUT2D eigenvalue weighted by molar-refractivity contribution is 0.413. The van der Waals surface area contributed by atoms with Crippen LogP contribution in [0.3, 0.4) is 0 Å². The normalized spacial score (nSPS) is 9.64. The summed E-state index contributed by atoms with van der Waals surface area (Å²) in [5, 5.41) is 3.08. The van der Waals surface area contributed by atoms with Gasteiger partial charge in [-0.15, -0.1) is 0 Å². The Morgan fingerprint density at radius 3 is 2.71 bits per heavy atom. The van der Waals surface area contributed by atoms with Crippen LogP contribution < -0.4 is 15.8 Å². The number of rotatable bonds is 2. The van der Waals surface area contributed by atoms with E-state index in [9.17, 15) is 0 Å². The molecule has 3 N–H and O–H groups in total. The van der Waals surface area contributed by atoms with Gasteiger partial charge in [0, 0.05) is 10.0 Å². The number of ether oxygens (including phenoxy) is 1. The molecule has 0 atom stereocenters. The molecule has 0 saturated carbocycles. The second-order valence-electron chi connectivity index (χ2n) is 2.74. The Labute approximate surface area is 96.8 Å². The van der Waals surface area contributed by atoms with Gasteiger partial charge in [-0.1, -0.05) is 15.9 Å². The van der Waals surface area contributed by atoms with Crippen LogP contribution in [0.1, 0.15) is 5.56 Å². The monoisotopic (exact) mass is 274 g/mol. The molecule has 0 amide bonds. The Morgan fingerprint density at radius 2 is 2.21 bits per heavy atom. The zero-order valence-corrected chi connectivity index (χ0v) is 10.3. The summed E-state index contributed by atoms with van der Waals surface area (Å²) < 4.78 is 6.24. The second-order valence-corrected chi connectivity index (χ2v) is 4.04. The lowest BCUT2D eigenvalue weighted by Crippen LogP contribution is -2.19. The lowest BCUT2D eigenvalue weighted by atomic mass is 10.2. The summed E-state index contributed by atoms with van der Waals surface area (Å²) in [4.78, 5) is 0. The summed E-state index contributed by atoms with van der Waals surface area (Å²) in [7, 11) is 1.61. The van der Waals surface area contributed by atoms with Gasteiger partial charge < -0.3 is 15.8 Å². The fraction of sp³-hybridized carbons (Fsp3) is 0.222. The maximum atomic E-state index is 5.39. The van der Waals surface area contributed by atoms with Gasteiger partial charge in [0.2, 0.25) is 0 Å². The van der Waals surface area contributed by atoms with Crippen LogP contribution in [0.15, 0.2) is 16.6 Å². The molecule has 1 aromatic carbocycles. The van der Waals surface area contributed by atoms with Crippen molar-refractivity contribution in [3.63, 3.8) is 0 Å². The minimum atomic E-state index is 0.227. The number of hydrogen-bond donors (Lipinski definition) is 2. The van der Waals surface area contributed by atoms with Crippen LogP contribution >= 0.6 is 28.1 Å². The van der Waals surface area contributed by atoms with E-state index < -0.39 is 0 Å². The molecule has 0 unspecified atom stereocenters. The summed E-state index contributed by atoms with van der Waals surface area (Å²) in [6.45, 7) is 1.95. The van der Waals surface area contributed by atoms with Crippen molar-refractivity contribution in [1.29, 1.82) is 0 Å². The molecule has 0 aliphatic heterocycles. The third-order valence-corrected chi connectivity index (χ3v) is 2.76. The lowest BCUT2D eigenvalue weighted by Gasteiger charge is -2.13. The summed E-state index contributed by atoms with van der Waals surface area (Å²) in [5.41, 5.74) is 7.18. The first-order chi connectivity index (χ1) is 6.56. The zero-order valence-electron chi connectivity index (χ0n) is 7.93. The first kappa shape index (κ1) is 11.3. The Hall–Kier alpha value is -0.810. The van der Waals surface area contributed by atoms with E-state index >= 15 is 0 Å². The van der Waals surface area contributed by atoms with E-state index in [-0.39, 0.29) is 5.11 Å². The van der Waals surface area contributed by atoms with Crippen LogP contribution in [0.2, 0.25) is 0 Å². The molecule has 0 bridgehead atoms. The summed E-state index contributed by atoms with van der Waals surface area (Å²) in [6, 6.07) is 3.77. The van der Waals surface area contributed by atoms with Crippen molar-refractivity contribution in [2.75, 3.05) is 12.4 Å². The maximum Gasteiger partial charge on any atom is 0.168 e. The second kappa shape index (κ2) is 4.61. The highest BCUT2D eigenvalue weighted by Gasteiger charge is 2.09. The molecule has 0 heterocycles. The molecule has 1 aromatic rings. The van der Waals surface area contributed by atoms with Crippen molar-refractivity contribution >= 4 is 38.9 Å². The molecular weight excluding hydrogens is 264 g/mol. The summed E-state index contributed by atoms with van der Waals surface area (Å²) in [5.74, 6) is 0.743. The fourth-order valence-electron chi connectivity index (χ4n) is 1.16. The smallest absolute Gasteiger partial charge is 0.168 e. The van der Waals surface area contributed by atoms with E-state index in [2.05, 4.69) is 21.2 Å². The topological polar surface area (TPSA) is 47.3 Å². The largest absolute Gasteiger partial charge is 0.494 e. The van der Waals surface area contributed by atoms with Gasteiger partial charge in [-0.05, 0) is 31.3 Å². The van der Waals surface area contributed by atoms with Crippen molar-refractivity contribution < 1.29 is 4.74 Å². The minimum absolute atomic E-state index is 0.227. The van der Waals surface area contributed by atoms with Gasteiger partial charge >= 0.3 is 0 Å². The average molecular weight is 275 g/mol. The molecule has 1 rings (SSSR count). The highest BCUT2D eigenvalue weighted by Crippen LogP contribution is 2.33. The number of halogens is 1. The van der Waals surface area contributed by atoms with Gasteiger partial charge in [0.25, 0.3) is 0 Å². The molecule has 76 valence electrons. The number of methoxy groups -OCH3 is 1. The van der Waals surface area contributed by atoms with E-state index in [0.29, 0.717) is 0 Å². The molecule has 0 fully saturated rings. The summed E-state index contributed by atoms with van der Waals surface area (Å²) in [6.07, 6.45) is 0. The van der Waals surface area contributed by atoms with Crippen molar-refractivity contribution in [3.05, 3.63) is 22.2 Å². The zero-order chi connectivity index (χ0) is 10.7. The quantitative estimate of drug-likeness (QED) is 0.814. The van der Waals surface area contributed by atoms with Crippen LogP contribution in [-0.4, -0.2) is 12.2 Å². The van der Waals surface area contributed by atoms with E-state index in [0.717, 1.165) is 21.5 Å². The highest BCUT2D eigenvalue weighted by atomic mass is 79.9. The van der Waals surface area contributed by atoms with Crippen LogP contribution in [0.5, 0.6) is 5.75 Å². The van der Waals surface area contributed by atoms with Gasteiger partial charge in [-0.2, -0.15) is 0 Å². The molecule has 0 radical (unpaired) electrons. The summed E-state index contributed by atoms with van der Waals surface area (Å²) >= 11 is 8.18. The SMILES string of the molecule is COc1c(NC(N)=S)ccc(Br)c1C. The number of nitrogens with one attached hydrogen (secondary N) is 1. The van der Waals surface area contributed by atoms with E-state index in [4.69, 9.17) is 22.7 Å². The van der Waals surface area contributed by atoms with Crippen molar-refractivity contribution in [1.82, 2.24) is 0 Å². The Bertz CT molecular complexity index is 368. The number of benzene rings is 1. The predicted molar refractivity (Wildman–Crippen MR) is 65.8 cm³/mol. The van der Waals surface area contributed by atoms with E-state index in [1.54, 1.807) is 7.11 Å². The van der Waals surface area contributed by atoms with Crippen LogP contribution in [-0.2, 0) is 0 Å². The Balaban J connectivity index is 3.17. The average Bonchev–Trinajstić information content (AvgIpc) is 2.11. The van der Waals surface area contributed by atoms with Crippen molar-refractivity contribution in [2.45, 2.75) is 6.92 Å². The predicted octanol–water partition coefficient (Wildman–Crippen LogP) is 2.42. The molecule has 14 heavy (non-hydrogen) atoms. The van der Waals surface area contributed by atoms with Crippen LogP contribution in [0, 0.1) is 6.92 Å². The minimum Gasteiger partial charge on any atom is -0.494 e. The van der Waals surface area contributed by atoms with Crippen molar-refractivity contribution in [3.8, 4) is 5.75 Å². The Morgan fingerprint density at radius 1 is 1.57 bits per heavy atom. The fourth-order valence-corrected chi connectivity index (χ4v) is 1.58. The van der Waals surface area contributed by atoms with Crippen LogP contribution in [0.4, 0.5) is 5.69 Å². The molecule has 3 nitrogen and oxygen atoms in total. The number of nitrogens with two attached hydrogens (primary N) is 1. The molecule has 0 spiro atoms. The van der Waals surface area contributed by atoms with Gasteiger partial charge in [-0.3, -0.25) is 0 Å². The van der Waals surface area contributed by atoms with E-state index in [1.807, 2.05) is 19.1 Å². The standard InChI is InChI=1S/C9H11BrN2OS/c1-5-6(10)3-4-7(8(5)13-2)12-9(11)14/h3-4H,1-2H3,(H3,11,12,14). The molecule has 0 aliphatic carbocycles. The molecule has 5 heteroatoms. The molecule has 0 saturated heterocycles. The molecular formula is C9H11BrN2OS. The number of thiocarbonyl (C=S) groups is 1. The van der Waals surface area contributed by atoms with Gasteiger partial charge in [-0.25, -0.2) is 0 Å². The highest BCUT2D eigenvalue weighted by molar-refractivity contribution is 9.10. The molecule has 0 aromatic heterocycles. The third kappa shape index (κ3) is 2.36. The van der Waals surface area contributed by atoms with Crippen molar-refractivity contribution in [2.24, 2.45) is 5.73 Å². The third-order valence-electron chi connectivity index (χ3n) is 1.80. The maximum absolute atomic E-state index is 5.39.